The van der Waals surface area contributed by atoms with Gasteiger partial charge in [0.1, 0.15) is 5.82 Å². The van der Waals surface area contributed by atoms with Gasteiger partial charge in [-0.1, -0.05) is 48.9 Å². The van der Waals surface area contributed by atoms with E-state index < -0.39 is 0 Å². The lowest BCUT2D eigenvalue weighted by Crippen LogP contribution is -2.57. The highest BCUT2D eigenvalue weighted by molar-refractivity contribution is 5.74. The Hall–Kier alpha value is -2.40. The number of nitrogens with one attached hydrogen (secondary N) is 2. The molecule has 0 saturated carbocycles. The third-order valence-electron chi connectivity index (χ3n) is 6.04. The first-order valence-corrected chi connectivity index (χ1v) is 10.3. The number of carbonyl (C=O) groups excluding carboxylic acids is 1. The first kappa shape index (κ1) is 18.9. The second-order valence-electron chi connectivity index (χ2n) is 8.02. The highest BCUT2D eigenvalue weighted by atomic mass is 19.1. The fourth-order valence-corrected chi connectivity index (χ4v) is 4.67. The van der Waals surface area contributed by atoms with Crippen LogP contribution in [0.4, 0.5) is 9.18 Å². The van der Waals surface area contributed by atoms with Crippen LogP contribution < -0.4 is 10.6 Å². The molecule has 2 aliphatic heterocycles. The summed E-state index contributed by atoms with van der Waals surface area (Å²) in [5.74, 6) is -0.187. The van der Waals surface area contributed by atoms with Crippen molar-refractivity contribution in [2.75, 3.05) is 0 Å². The Kier molecular flexibility index (Phi) is 5.91. The van der Waals surface area contributed by atoms with Crippen LogP contribution in [0.3, 0.4) is 0 Å². The Bertz CT molecular complexity index is 766. The predicted octanol–water partition coefficient (Wildman–Crippen LogP) is 4.21. The second kappa shape index (κ2) is 8.74. The van der Waals surface area contributed by atoms with E-state index in [4.69, 9.17) is 0 Å². The summed E-state index contributed by atoms with van der Waals surface area (Å²) in [5.41, 5.74) is 2.26. The zero-order chi connectivity index (χ0) is 19.3. The highest BCUT2D eigenvalue weighted by Gasteiger charge is 2.38. The number of hydrogen-bond acceptors (Lipinski definition) is 2. The van der Waals surface area contributed by atoms with Crippen molar-refractivity contribution in [3.05, 3.63) is 71.5 Å². The molecule has 2 aromatic rings. The molecule has 2 aromatic carbocycles. The van der Waals surface area contributed by atoms with Crippen molar-refractivity contribution in [3.63, 3.8) is 0 Å². The lowest BCUT2D eigenvalue weighted by molar-refractivity contribution is 0.0197. The van der Waals surface area contributed by atoms with E-state index in [1.165, 1.54) is 31.4 Å². The molecule has 0 aromatic heterocycles. The molecule has 2 atom stereocenters. The third kappa shape index (κ3) is 4.71. The summed E-state index contributed by atoms with van der Waals surface area (Å²) in [6.45, 7) is 1.41. The SMILES string of the molecule is O=C(NCc1ccccc1)NC1CC2CCCC(C1)N2Cc1ccc(F)cc1. The monoisotopic (exact) mass is 381 g/mol. The number of amides is 2. The Morgan fingerprint density at radius 3 is 2.32 bits per heavy atom. The van der Waals surface area contributed by atoms with Crippen LogP contribution in [0.1, 0.15) is 43.2 Å². The number of hydrogen-bond donors (Lipinski definition) is 2. The lowest BCUT2D eigenvalue weighted by Gasteiger charge is -2.49. The largest absolute Gasteiger partial charge is 0.335 e. The molecule has 4 rings (SSSR count). The van der Waals surface area contributed by atoms with E-state index in [0.717, 1.165) is 30.5 Å². The molecule has 2 heterocycles. The quantitative estimate of drug-likeness (QED) is 0.815. The zero-order valence-electron chi connectivity index (χ0n) is 16.1. The van der Waals surface area contributed by atoms with Crippen LogP contribution in [0, 0.1) is 5.82 Å². The van der Waals surface area contributed by atoms with Crippen LogP contribution >= 0.6 is 0 Å². The maximum absolute atomic E-state index is 13.2. The molecule has 2 aliphatic rings. The van der Waals surface area contributed by atoms with Gasteiger partial charge in [-0.2, -0.15) is 0 Å². The molecule has 2 unspecified atom stereocenters. The van der Waals surface area contributed by atoms with Gasteiger partial charge in [-0.3, -0.25) is 4.90 Å². The molecule has 0 spiro atoms. The Morgan fingerprint density at radius 1 is 0.964 bits per heavy atom. The van der Waals surface area contributed by atoms with E-state index >= 15 is 0 Å². The maximum atomic E-state index is 13.2. The predicted molar refractivity (Wildman–Crippen MR) is 108 cm³/mol. The zero-order valence-corrected chi connectivity index (χ0v) is 16.1. The van der Waals surface area contributed by atoms with E-state index in [9.17, 15) is 9.18 Å². The average molecular weight is 381 g/mol. The van der Waals surface area contributed by atoms with Crippen molar-refractivity contribution in [2.24, 2.45) is 0 Å². The third-order valence-corrected chi connectivity index (χ3v) is 6.04. The van der Waals surface area contributed by atoms with E-state index in [1.807, 2.05) is 42.5 Å². The van der Waals surface area contributed by atoms with Crippen molar-refractivity contribution < 1.29 is 9.18 Å². The molecule has 28 heavy (non-hydrogen) atoms. The Labute approximate surface area is 166 Å². The number of urea groups is 1. The standard InChI is InChI=1S/C23H28FN3O/c24-19-11-9-18(10-12-19)16-27-21-7-4-8-22(27)14-20(13-21)26-23(28)25-15-17-5-2-1-3-6-17/h1-3,5-6,9-12,20-22H,4,7-8,13-16H2,(H2,25,26,28). The number of halogens is 1. The smallest absolute Gasteiger partial charge is 0.315 e. The minimum Gasteiger partial charge on any atom is -0.335 e. The summed E-state index contributed by atoms with van der Waals surface area (Å²) in [5, 5.41) is 6.15. The lowest BCUT2D eigenvalue weighted by atomic mass is 9.81. The van der Waals surface area contributed by atoms with Crippen molar-refractivity contribution >= 4 is 6.03 Å². The summed E-state index contributed by atoms with van der Waals surface area (Å²) < 4.78 is 13.2. The summed E-state index contributed by atoms with van der Waals surface area (Å²) >= 11 is 0. The van der Waals surface area contributed by atoms with Crippen LogP contribution in [0.2, 0.25) is 0 Å². The number of benzene rings is 2. The van der Waals surface area contributed by atoms with Crippen LogP contribution in [0.15, 0.2) is 54.6 Å². The molecule has 5 heteroatoms. The normalized spacial score (nSPS) is 24.5. The summed E-state index contributed by atoms with van der Waals surface area (Å²) in [6.07, 6.45) is 5.55. The van der Waals surface area contributed by atoms with E-state index in [1.54, 1.807) is 0 Å². The minimum absolute atomic E-state index is 0.0843. The molecule has 2 bridgehead atoms. The molecule has 0 radical (unpaired) electrons. The van der Waals surface area contributed by atoms with Crippen molar-refractivity contribution in [2.45, 2.75) is 63.3 Å². The molecule has 2 amide bonds. The first-order chi connectivity index (χ1) is 13.7. The highest BCUT2D eigenvalue weighted by Crippen LogP contribution is 2.35. The average Bonchev–Trinajstić information content (AvgIpc) is 2.69. The number of fused-ring (bicyclic) bond motifs is 2. The topological polar surface area (TPSA) is 44.4 Å². The molecule has 2 fully saturated rings. The van der Waals surface area contributed by atoms with Gasteiger partial charge in [-0.25, -0.2) is 9.18 Å². The van der Waals surface area contributed by atoms with E-state index in [2.05, 4.69) is 15.5 Å². The maximum Gasteiger partial charge on any atom is 0.315 e. The van der Waals surface area contributed by atoms with Crippen molar-refractivity contribution in [1.29, 1.82) is 0 Å². The molecular weight excluding hydrogens is 353 g/mol. The minimum atomic E-state index is -0.187. The summed E-state index contributed by atoms with van der Waals surface area (Å²) in [6, 6.07) is 17.9. The van der Waals surface area contributed by atoms with Crippen molar-refractivity contribution in [3.8, 4) is 0 Å². The molecular formula is C23H28FN3O. The fraction of sp³-hybridized carbons (Fsp3) is 0.435. The van der Waals surface area contributed by atoms with Gasteiger partial charge in [0.15, 0.2) is 0 Å². The van der Waals surface area contributed by atoms with Gasteiger partial charge in [-0.15, -0.1) is 0 Å². The Morgan fingerprint density at radius 2 is 1.64 bits per heavy atom. The van der Waals surface area contributed by atoms with Gasteiger partial charge < -0.3 is 10.6 Å². The molecule has 0 aliphatic carbocycles. The van der Waals surface area contributed by atoms with Gasteiger partial charge in [0, 0.05) is 31.2 Å². The number of rotatable bonds is 5. The van der Waals surface area contributed by atoms with Crippen LogP contribution in [-0.2, 0) is 13.1 Å². The van der Waals surface area contributed by atoms with Gasteiger partial charge in [0.05, 0.1) is 0 Å². The van der Waals surface area contributed by atoms with Gasteiger partial charge in [0.25, 0.3) is 0 Å². The summed E-state index contributed by atoms with van der Waals surface area (Å²) in [7, 11) is 0. The van der Waals surface area contributed by atoms with E-state index in [0.29, 0.717) is 18.6 Å². The van der Waals surface area contributed by atoms with Crippen LogP contribution in [-0.4, -0.2) is 29.1 Å². The Balaban J connectivity index is 1.31. The summed E-state index contributed by atoms with van der Waals surface area (Å²) in [4.78, 5) is 14.9. The molecule has 2 saturated heterocycles. The van der Waals surface area contributed by atoms with Crippen molar-refractivity contribution in [1.82, 2.24) is 15.5 Å². The fourth-order valence-electron chi connectivity index (χ4n) is 4.67. The molecule has 148 valence electrons. The molecule has 2 N–H and O–H groups in total. The molecule has 4 nitrogen and oxygen atoms in total. The van der Waals surface area contributed by atoms with E-state index in [-0.39, 0.29) is 17.9 Å². The van der Waals surface area contributed by atoms with Crippen LogP contribution in [0.5, 0.6) is 0 Å². The van der Waals surface area contributed by atoms with Gasteiger partial charge >= 0.3 is 6.03 Å². The van der Waals surface area contributed by atoms with Crippen LogP contribution in [0.25, 0.3) is 0 Å². The second-order valence-corrected chi connectivity index (χ2v) is 8.02. The number of carbonyl (C=O) groups is 1. The first-order valence-electron chi connectivity index (χ1n) is 10.3. The number of nitrogens with zero attached hydrogens (tertiary/aromatic N) is 1. The van der Waals surface area contributed by atoms with Gasteiger partial charge in [-0.05, 0) is 48.9 Å². The number of piperidine rings is 2. The van der Waals surface area contributed by atoms with Gasteiger partial charge in [0.2, 0.25) is 0 Å².